The van der Waals surface area contributed by atoms with Crippen LogP contribution in [0.15, 0.2) is 36.4 Å². The Bertz CT molecular complexity index is 652. The van der Waals surface area contributed by atoms with Crippen LogP contribution < -0.4 is 9.47 Å². The van der Waals surface area contributed by atoms with Gasteiger partial charge in [0, 0.05) is 5.56 Å². The second-order valence-corrected chi connectivity index (χ2v) is 6.27. The summed E-state index contributed by atoms with van der Waals surface area (Å²) in [5.74, 6) is 1.72. The summed E-state index contributed by atoms with van der Waals surface area (Å²) < 4.78 is 10.8. The number of halogens is 1. The molecule has 0 fully saturated rings. The van der Waals surface area contributed by atoms with Gasteiger partial charge in [-0.1, -0.05) is 34.1 Å². The number of hydrogen-bond acceptors (Lipinski definition) is 2. The highest BCUT2D eigenvalue weighted by Gasteiger charge is 2.19. The number of ether oxygens (including phenoxy) is 2. The van der Waals surface area contributed by atoms with Crippen LogP contribution in [-0.4, -0.2) is 14.2 Å². The van der Waals surface area contributed by atoms with Gasteiger partial charge in [0.25, 0.3) is 0 Å². The van der Waals surface area contributed by atoms with E-state index in [1.165, 1.54) is 36.0 Å². The lowest BCUT2D eigenvalue weighted by atomic mass is 9.99. The van der Waals surface area contributed by atoms with Crippen LogP contribution in [0.3, 0.4) is 0 Å². The Balaban J connectivity index is 1.99. The predicted octanol–water partition coefficient (Wildman–Crippen LogP) is 4.68. The average molecular weight is 347 g/mol. The second-order valence-electron chi connectivity index (χ2n) is 5.35. The molecule has 2 aromatic rings. The molecule has 0 aliphatic heterocycles. The smallest absolute Gasteiger partial charge is 0.123 e. The second kappa shape index (κ2) is 6.10. The Hall–Kier alpha value is -1.48. The van der Waals surface area contributed by atoms with Crippen molar-refractivity contribution in [1.29, 1.82) is 0 Å². The van der Waals surface area contributed by atoms with E-state index >= 15 is 0 Å². The van der Waals surface area contributed by atoms with Crippen LogP contribution in [-0.2, 0) is 12.8 Å². The molecule has 21 heavy (non-hydrogen) atoms. The number of alkyl halides is 1. The zero-order valence-corrected chi connectivity index (χ0v) is 13.9. The topological polar surface area (TPSA) is 18.5 Å². The summed E-state index contributed by atoms with van der Waals surface area (Å²) in [7, 11) is 3.39. The summed E-state index contributed by atoms with van der Waals surface area (Å²) in [6, 6.07) is 12.7. The van der Waals surface area contributed by atoms with Crippen molar-refractivity contribution in [2.75, 3.05) is 14.2 Å². The van der Waals surface area contributed by atoms with Crippen LogP contribution in [0.4, 0.5) is 0 Å². The van der Waals surface area contributed by atoms with Gasteiger partial charge >= 0.3 is 0 Å². The van der Waals surface area contributed by atoms with E-state index in [1.807, 2.05) is 18.2 Å². The van der Waals surface area contributed by atoms with Crippen LogP contribution in [0.25, 0.3) is 0 Å². The first kappa shape index (κ1) is 14.5. The number of aryl methyl sites for hydroxylation is 2. The van der Waals surface area contributed by atoms with Crippen LogP contribution in [0.1, 0.15) is 33.5 Å². The quantitative estimate of drug-likeness (QED) is 0.748. The molecule has 0 saturated carbocycles. The van der Waals surface area contributed by atoms with E-state index in [4.69, 9.17) is 9.47 Å². The maximum absolute atomic E-state index is 5.49. The van der Waals surface area contributed by atoms with E-state index in [-0.39, 0.29) is 4.83 Å². The predicted molar refractivity (Wildman–Crippen MR) is 88.8 cm³/mol. The molecule has 1 aliphatic rings. The normalized spacial score (nSPS) is 14.6. The number of methoxy groups -OCH3 is 2. The van der Waals surface area contributed by atoms with Gasteiger partial charge in [-0.15, -0.1) is 0 Å². The summed E-state index contributed by atoms with van der Waals surface area (Å²) in [5, 5.41) is 0. The third-order valence-electron chi connectivity index (χ3n) is 4.13. The molecule has 1 atom stereocenters. The minimum Gasteiger partial charge on any atom is -0.497 e. The summed E-state index contributed by atoms with van der Waals surface area (Å²) in [6.07, 6.45) is 3.68. The van der Waals surface area contributed by atoms with Crippen LogP contribution in [0.5, 0.6) is 11.5 Å². The first-order valence-electron chi connectivity index (χ1n) is 7.20. The molecule has 1 unspecified atom stereocenters. The number of benzene rings is 2. The van der Waals surface area contributed by atoms with Gasteiger partial charge in [-0.3, -0.25) is 0 Å². The Morgan fingerprint density at radius 1 is 0.952 bits per heavy atom. The zero-order valence-electron chi connectivity index (χ0n) is 12.4. The Morgan fingerprint density at radius 2 is 1.76 bits per heavy atom. The molecule has 0 aromatic heterocycles. The van der Waals surface area contributed by atoms with Gasteiger partial charge in [0.15, 0.2) is 0 Å². The van der Waals surface area contributed by atoms with Crippen molar-refractivity contribution in [3.8, 4) is 11.5 Å². The highest BCUT2D eigenvalue weighted by atomic mass is 79.9. The van der Waals surface area contributed by atoms with Crippen molar-refractivity contribution in [2.24, 2.45) is 0 Å². The van der Waals surface area contributed by atoms with Gasteiger partial charge in [-0.2, -0.15) is 0 Å². The molecule has 0 spiro atoms. The van der Waals surface area contributed by atoms with Gasteiger partial charge in [0.1, 0.15) is 11.5 Å². The first-order valence-corrected chi connectivity index (χ1v) is 8.12. The first-order chi connectivity index (χ1) is 10.2. The van der Waals surface area contributed by atoms with E-state index < -0.39 is 0 Å². The molecule has 0 bridgehead atoms. The molecular weight excluding hydrogens is 328 g/mol. The minimum atomic E-state index is 0.105. The maximum atomic E-state index is 5.49. The molecule has 0 amide bonds. The van der Waals surface area contributed by atoms with E-state index in [0.717, 1.165) is 17.1 Å². The molecule has 0 radical (unpaired) electrons. The lowest BCUT2D eigenvalue weighted by Crippen LogP contribution is -1.99. The van der Waals surface area contributed by atoms with Crippen molar-refractivity contribution in [3.05, 3.63) is 58.7 Å². The summed E-state index contributed by atoms with van der Waals surface area (Å²) >= 11 is 3.82. The molecule has 1 aliphatic carbocycles. The SMILES string of the molecule is COc1ccc(OC)c(C(Br)c2ccc3c(c2)CCC3)c1. The van der Waals surface area contributed by atoms with Crippen molar-refractivity contribution in [3.63, 3.8) is 0 Å². The zero-order chi connectivity index (χ0) is 14.8. The molecule has 3 heteroatoms. The van der Waals surface area contributed by atoms with Crippen LogP contribution in [0, 0.1) is 0 Å². The molecule has 3 rings (SSSR count). The van der Waals surface area contributed by atoms with E-state index in [1.54, 1.807) is 14.2 Å². The van der Waals surface area contributed by atoms with Gasteiger partial charge in [-0.25, -0.2) is 0 Å². The Morgan fingerprint density at radius 3 is 2.52 bits per heavy atom. The molecule has 2 aromatic carbocycles. The Labute approximate surface area is 134 Å². The van der Waals surface area contributed by atoms with Crippen molar-refractivity contribution >= 4 is 15.9 Å². The summed E-state index contributed by atoms with van der Waals surface area (Å²) in [5.41, 5.74) is 5.34. The van der Waals surface area contributed by atoms with Crippen molar-refractivity contribution in [2.45, 2.75) is 24.1 Å². The van der Waals surface area contributed by atoms with Gasteiger partial charge in [-0.05, 0) is 54.2 Å². The van der Waals surface area contributed by atoms with Gasteiger partial charge in [0.2, 0.25) is 0 Å². The third kappa shape index (κ3) is 2.80. The number of rotatable bonds is 4. The lowest BCUT2D eigenvalue weighted by molar-refractivity contribution is 0.399. The van der Waals surface area contributed by atoms with Crippen LogP contribution in [0.2, 0.25) is 0 Å². The van der Waals surface area contributed by atoms with E-state index in [0.29, 0.717) is 0 Å². The molecule has 2 nitrogen and oxygen atoms in total. The molecule has 110 valence electrons. The maximum Gasteiger partial charge on any atom is 0.123 e. The van der Waals surface area contributed by atoms with E-state index in [9.17, 15) is 0 Å². The fourth-order valence-corrected chi connectivity index (χ4v) is 3.61. The van der Waals surface area contributed by atoms with Crippen molar-refractivity contribution in [1.82, 2.24) is 0 Å². The number of fused-ring (bicyclic) bond motifs is 1. The van der Waals surface area contributed by atoms with Gasteiger partial charge < -0.3 is 9.47 Å². The highest BCUT2D eigenvalue weighted by Crippen LogP contribution is 2.39. The molecular formula is C18H19BrO2. The number of hydrogen-bond donors (Lipinski definition) is 0. The fraction of sp³-hybridized carbons (Fsp3) is 0.333. The monoisotopic (exact) mass is 346 g/mol. The minimum absolute atomic E-state index is 0.105. The standard InChI is InChI=1S/C18H19BrO2/c1-20-15-8-9-17(21-2)16(11-15)18(19)14-7-6-12-4-3-5-13(12)10-14/h6-11,18H,3-5H2,1-2H3. The summed E-state index contributed by atoms with van der Waals surface area (Å²) in [4.78, 5) is 0.105. The summed E-state index contributed by atoms with van der Waals surface area (Å²) in [6.45, 7) is 0. The Kier molecular flexibility index (Phi) is 4.20. The van der Waals surface area contributed by atoms with Crippen molar-refractivity contribution < 1.29 is 9.47 Å². The average Bonchev–Trinajstić information content (AvgIpc) is 3.01. The third-order valence-corrected chi connectivity index (χ3v) is 5.15. The highest BCUT2D eigenvalue weighted by molar-refractivity contribution is 9.09. The molecule has 0 saturated heterocycles. The van der Waals surface area contributed by atoms with Crippen LogP contribution >= 0.6 is 15.9 Å². The largest absolute Gasteiger partial charge is 0.497 e. The lowest BCUT2D eigenvalue weighted by Gasteiger charge is -2.17. The molecule has 0 heterocycles. The van der Waals surface area contributed by atoms with Gasteiger partial charge in [0.05, 0.1) is 19.0 Å². The fourth-order valence-electron chi connectivity index (χ4n) is 2.97. The molecule has 0 N–H and O–H groups in total. The van der Waals surface area contributed by atoms with E-state index in [2.05, 4.69) is 34.1 Å².